The minimum absolute atomic E-state index is 0.305. The van der Waals surface area contributed by atoms with Crippen molar-refractivity contribution < 1.29 is 17.6 Å². The maximum absolute atomic E-state index is 13.8. The monoisotopic (exact) mass is 334 g/mol. The lowest BCUT2D eigenvalue weighted by Crippen LogP contribution is -2.08. The first-order valence-electron chi connectivity index (χ1n) is 6.41. The van der Waals surface area contributed by atoms with E-state index in [1.165, 1.54) is 0 Å². The minimum Gasteiger partial charge on any atom is -0.330 e. The smallest absolute Gasteiger partial charge is 0.191 e. The lowest BCUT2D eigenvalue weighted by Gasteiger charge is -2.09. The van der Waals surface area contributed by atoms with E-state index in [0.29, 0.717) is 23.9 Å². The predicted molar refractivity (Wildman–Crippen MR) is 74.3 cm³/mol. The number of halogens is 4. The Balaban J connectivity index is 2.26. The highest BCUT2D eigenvalue weighted by atomic mass is 32.2. The fourth-order valence-electron chi connectivity index (χ4n) is 1.87. The molecule has 0 unspecified atom stereocenters. The van der Waals surface area contributed by atoms with Crippen LogP contribution in [0.2, 0.25) is 0 Å². The largest absolute Gasteiger partial charge is 0.330 e. The summed E-state index contributed by atoms with van der Waals surface area (Å²) in [6.45, 7) is 1.36. The highest BCUT2D eigenvalue weighted by Crippen LogP contribution is 2.29. The molecule has 1 aromatic heterocycles. The third-order valence-corrected chi connectivity index (χ3v) is 4.26. The van der Waals surface area contributed by atoms with Gasteiger partial charge in [-0.15, -0.1) is 10.2 Å². The molecule has 0 fully saturated rings. The van der Waals surface area contributed by atoms with Gasteiger partial charge in [-0.25, -0.2) is 17.6 Å². The van der Waals surface area contributed by atoms with Crippen molar-refractivity contribution in [3.63, 3.8) is 0 Å². The lowest BCUT2D eigenvalue weighted by atomic mass is 10.1. The van der Waals surface area contributed by atoms with Gasteiger partial charge < -0.3 is 10.3 Å². The molecule has 9 heteroatoms. The molecule has 0 amide bonds. The molecular weight excluding hydrogens is 320 g/mol. The van der Waals surface area contributed by atoms with Gasteiger partial charge in [-0.2, -0.15) is 0 Å². The first-order chi connectivity index (χ1) is 10.4. The SMILES string of the molecule is Cc1c(F)c(F)c(CSc2nnc(CCN)n2C)c(F)c1F. The fourth-order valence-corrected chi connectivity index (χ4v) is 2.79. The van der Waals surface area contributed by atoms with E-state index in [1.807, 2.05) is 0 Å². The van der Waals surface area contributed by atoms with Crippen molar-refractivity contribution in [2.45, 2.75) is 24.3 Å². The molecule has 2 N–H and O–H groups in total. The van der Waals surface area contributed by atoms with Crippen molar-refractivity contribution in [1.82, 2.24) is 14.8 Å². The number of nitrogens with zero attached hydrogens (tertiary/aromatic N) is 3. The first-order valence-corrected chi connectivity index (χ1v) is 7.39. The highest BCUT2D eigenvalue weighted by Gasteiger charge is 2.23. The van der Waals surface area contributed by atoms with Crippen LogP contribution in [0.1, 0.15) is 17.0 Å². The van der Waals surface area contributed by atoms with Crippen LogP contribution in [-0.2, 0) is 19.2 Å². The van der Waals surface area contributed by atoms with E-state index >= 15 is 0 Å². The van der Waals surface area contributed by atoms with E-state index < -0.39 is 34.4 Å². The van der Waals surface area contributed by atoms with Gasteiger partial charge in [0.25, 0.3) is 0 Å². The molecule has 0 aliphatic rings. The molecule has 2 aromatic rings. The summed E-state index contributed by atoms with van der Waals surface area (Å²) in [5.74, 6) is -5.21. The summed E-state index contributed by atoms with van der Waals surface area (Å²) in [4.78, 5) is 0. The second kappa shape index (κ2) is 6.66. The van der Waals surface area contributed by atoms with E-state index in [2.05, 4.69) is 10.2 Å². The van der Waals surface area contributed by atoms with Crippen molar-refractivity contribution in [3.05, 3.63) is 40.2 Å². The van der Waals surface area contributed by atoms with E-state index in [4.69, 9.17) is 5.73 Å². The predicted octanol–water partition coefficient (Wildman–Crippen LogP) is 2.47. The van der Waals surface area contributed by atoms with Gasteiger partial charge in [0.1, 0.15) is 5.82 Å². The zero-order valence-corrected chi connectivity index (χ0v) is 12.8. The molecule has 0 saturated heterocycles. The van der Waals surface area contributed by atoms with Crippen LogP contribution in [0.4, 0.5) is 17.6 Å². The van der Waals surface area contributed by atoms with Gasteiger partial charge in [-0.05, 0) is 13.5 Å². The first kappa shape index (κ1) is 16.8. The summed E-state index contributed by atoms with van der Waals surface area (Å²) < 4.78 is 56.2. The Hall–Kier alpha value is -1.61. The van der Waals surface area contributed by atoms with E-state index in [-0.39, 0.29) is 5.75 Å². The number of thioether (sulfide) groups is 1. The number of benzene rings is 1. The Kier molecular flexibility index (Phi) is 5.07. The van der Waals surface area contributed by atoms with E-state index in [9.17, 15) is 17.6 Å². The Morgan fingerprint density at radius 1 is 1.05 bits per heavy atom. The molecule has 0 radical (unpaired) electrons. The molecule has 0 atom stereocenters. The van der Waals surface area contributed by atoms with Gasteiger partial charge in [0, 0.05) is 30.3 Å². The van der Waals surface area contributed by atoms with Crippen molar-refractivity contribution in [2.24, 2.45) is 12.8 Å². The molecule has 1 aromatic carbocycles. The molecule has 0 spiro atoms. The van der Waals surface area contributed by atoms with Crippen LogP contribution in [0.25, 0.3) is 0 Å². The fraction of sp³-hybridized carbons (Fsp3) is 0.385. The standard InChI is InChI=1S/C13H14F4N4S/c1-6-9(14)11(16)7(12(17)10(6)15)5-22-13-20-19-8(3-4-18)21(13)2/h3-5,18H2,1-2H3. The average Bonchev–Trinajstić information content (AvgIpc) is 2.84. The second-order valence-electron chi connectivity index (χ2n) is 4.64. The second-order valence-corrected chi connectivity index (χ2v) is 5.59. The van der Waals surface area contributed by atoms with Crippen molar-refractivity contribution in [3.8, 4) is 0 Å². The van der Waals surface area contributed by atoms with Gasteiger partial charge >= 0.3 is 0 Å². The third-order valence-electron chi connectivity index (χ3n) is 3.21. The molecule has 4 nitrogen and oxygen atoms in total. The summed E-state index contributed by atoms with van der Waals surface area (Å²) in [6.07, 6.45) is 0.501. The van der Waals surface area contributed by atoms with Gasteiger partial charge in [-0.1, -0.05) is 11.8 Å². The van der Waals surface area contributed by atoms with Crippen molar-refractivity contribution in [2.75, 3.05) is 6.54 Å². The highest BCUT2D eigenvalue weighted by molar-refractivity contribution is 7.98. The molecule has 2 rings (SSSR count). The molecule has 22 heavy (non-hydrogen) atoms. The van der Waals surface area contributed by atoms with Crippen LogP contribution in [0.5, 0.6) is 0 Å². The molecule has 0 aliphatic heterocycles. The minimum atomic E-state index is -1.38. The van der Waals surface area contributed by atoms with Gasteiger partial charge in [0.15, 0.2) is 28.4 Å². The number of hydrogen-bond donors (Lipinski definition) is 1. The van der Waals surface area contributed by atoms with Crippen LogP contribution in [-0.4, -0.2) is 21.3 Å². The molecule has 120 valence electrons. The van der Waals surface area contributed by atoms with Crippen LogP contribution >= 0.6 is 11.8 Å². The maximum Gasteiger partial charge on any atom is 0.191 e. The van der Waals surface area contributed by atoms with Crippen LogP contribution in [0, 0.1) is 30.2 Å². The number of aromatic nitrogens is 3. The lowest BCUT2D eigenvalue weighted by molar-refractivity contribution is 0.435. The summed E-state index contributed by atoms with van der Waals surface area (Å²) in [5.41, 5.74) is 4.09. The Morgan fingerprint density at radius 2 is 1.64 bits per heavy atom. The molecule has 0 saturated carbocycles. The summed E-state index contributed by atoms with van der Waals surface area (Å²) in [6, 6.07) is 0. The molecule has 1 heterocycles. The number of hydrogen-bond acceptors (Lipinski definition) is 4. The quantitative estimate of drug-likeness (QED) is 0.518. The topological polar surface area (TPSA) is 56.7 Å². The Bertz CT molecular complexity index is 673. The summed E-state index contributed by atoms with van der Waals surface area (Å²) >= 11 is 0.934. The van der Waals surface area contributed by atoms with Gasteiger partial charge in [0.2, 0.25) is 0 Å². The Morgan fingerprint density at radius 3 is 2.18 bits per heavy atom. The number of rotatable bonds is 5. The van der Waals surface area contributed by atoms with Crippen LogP contribution < -0.4 is 5.73 Å². The normalized spacial score (nSPS) is 11.2. The number of nitrogens with two attached hydrogens (primary N) is 1. The maximum atomic E-state index is 13.8. The average molecular weight is 334 g/mol. The summed E-state index contributed by atoms with van der Waals surface area (Å²) in [7, 11) is 1.68. The van der Waals surface area contributed by atoms with Crippen LogP contribution in [0.3, 0.4) is 0 Å². The Labute approximate surface area is 128 Å². The van der Waals surface area contributed by atoms with Crippen LogP contribution in [0.15, 0.2) is 5.16 Å². The summed E-state index contributed by atoms with van der Waals surface area (Å²) in [5, 5.41) is 8.13. The van der Waals surface area contributed by atoms with Gasteiger partial charge in [0.05, 0.1) is 0 Å². The third kappa shape index (κ3) is 2.95. The van der Waals surface area contributed by atoms with E-state index in [1.54, 1.807) is 11.6 Å². The zero-order chi connectivity index (χ0) is 16.4. The molecule has 0 aliphatic carbocycles. The molecular formula is C13H14F4N4S. The zero-order valence-electron chi connectivity index (χ0n) is 12.0. The van der Waals surface area contributed by atoms with Gasteiger partial charge in [-0.3, -0.25) is 0 Å². The van der Waals surface area contributed by atoms with Crippen molar-refractivity contribution in [1.29, 1.82) is 0 Å². The van der Waals surface area contributed by atoms with E-state index in [0.717, 1.165) is 18.7 Å². The van der Waals surface area contributed by atoms with Crippen molar-refractivity contribution >= 4 is 11.8 Å². The molecule has 0 bridgehead atoms.